The molecule has 2 rings (SSSR count). The zero-order chi connectivity index (χ0) is 17.4. The molecule has 0 aliphatic heterocycles. The molecule has 0 atom stereocenters. The number of nitrogens with zero attached hydrogens (tertiary/aromatic N) is 1. The molecule has 2 aromatic carbocycles. The lowest BCUT2D eigenvalue weighted by atomic mass is 10.1. The molecule has 0 saturated carbocycles. The van der Waals surface area contributed by atoms with Gasteiger partial charge in [-0.3, -0.25) is 4.79 Å². The van der Waals surface area contributed by atoms with Crippen LogP contribution >= 0.6 is 11.6 Å². The number of anilines is 2. The lowest BCUT2D eigenvalue weighted by Crippen LogP contribution is -2.27. The summed E-state index contributed by atoms with van der Waals surface area (Å²) in [5.41, 5.74) is 3.30. The van der Waals surface area contributed by atoms with Crippen molar-refractivity contribution in [3.8, 4) is 0 Å². The molecule has 0 fully saturated rings. The smallest absolute Gasteiger partial charge is 0.221 e. The van der Waals surface area contributed by atoms with Crippen LogP contribution in [-0.4, -0.2) is 33.1 Å². The highest BCUT2D eigenvalue weighted by atomic mass is 35.5. The number of carbonyl (C=O) groups excluding carboxylic acids is 1. The first kappa shape index (κ1) is 18.1. The predicted octanol–water partition coefficient (Wildman–Crippen LogP) is 3.57. The molecule has 0 radical (unpaired) electrons. The minimum absolute atomic E-state index is 0.0504. The van der Waals surface area contributed by atoms with Gasteiger partial charge in [0, 0.05) is 50.0 Å². The van der Waals surface area contributed by atoms with Gasteiger partial charge in [0.05, 0.1) is 0 Å². The monoisotopic (exact) mass is 345 g/mol. The summed E-state index contributed by atoms with van der Waals surface area (Å²) < 4.78 is 0. The Kier molecular flexibility index (Phi) is 6.94. The Hall–Kier alpha value is -2.20. The first-order valence-corrected chi connectivity index (χ1v) is 8.45. The van der Waals surface area contributed by atoms with E-state index in [1.807, 2.05) is 62.6 Å². The third kappa shape index (κ3) is 6.13. The van der Waals surface area contributed by atoms with Crippen molar-refractivity contribution in [1.82, 2.24) is 5.32 Å². The van der Waals surface area contributed by atoms with Crippen molar-refractivity contribution in [2.24, 2.45) is 0 Å². The standard InChI is InChI=1S/C19H24ClN3O/c1-23(2)18-8-6-17(7-9-18)21-13-11-19(24)22-12-10-15-4-3-5-16(20)14-15/h3-9,14,21H,10-13H2,1-2H3,(H,22,24). The van der Waals surface area contributed by atoms with Gasteiger partial charge in [0.1, 0.15) is 0 Å². The van der Waals surface area contributed by atoms with Gasteiger partial charge < -0.3 is 15.5 Å². The van der Waals surface area contributed by atoms with Crippen LogP contribution in [0.3, 0.4) is 0 Å². The number of nitrogens with one attached hydrogen (secondary N) is 2. The van der Waals surface area contributed by atoms with E-state index in [0.717, 1.165) is 28.4 Å². The lowest BCUT2D eigenvalue weighted by molar-refractivity contribution is -0.120. The summed E-state index contributed by atoms with van der Waals surface area (Å²) in [6.07, 6.45) is 1.23. The Morgan fingerprint density at radius 2 is 1.83 bits per heavy atom. The Morgan fingerprint density at radius 1 is 1.08 bits per heavy atom. The van der Waals surface area contributed by atoms with Crippen LogP contribution in [0, 0.1) is 0 Å². The number of carbonyl (C=O) groups is 1. The molecule has 5 heteroatoms. The Labute approximate surface area is 148 Å². The van der Waals surface area contributed by atoms with Gasteiger partial charge in [-0.05, 0) is 48.4 Å². The molecule has 1 amide bonds. The van der Waals surface area contributed by atoms with E-state index in [1.54, 1.807) is 0 Å². The third-order valence-corrected chi connectivity index (χ3v) is 3.92. The first-order chi connectivity index (χ1) is 11.5. The van der Waals surface area contributed by atoms with E-state index >= 15 is 0 Å². The van der Waals surface area contributed by atoms with Gasteiger partial charge in [0.25, 0.3) is 0 Å². The second kappa shape index (κ2) is 9.18. The molecular formula is C19H24ClN3O. The van der Waals surface area contributed by atoms with E-state index in [2.05, 4.69) is 15.5 Å². The lowest BCUT2D eigenvalue weighted by Gasteiger charge is -2.13. The number of hydrogen-bond donors (Lipinski definition) is 2. The molecule has 0 aromatic heterocycles. The summed E-state index contributed by atoms with van der Waals surface area (Å²) in [4.78, 5) is 13.9. The molecule has 0 bridgehead atoms. The third-order valence-electron chi connectivity index (χ3n) is 3.69. The van der Waals surface area contributed by atoms with Gasteiger partial charge in [0.2, 0.25) is 5.91 Å². The van der Waals surface area contributed by atoms with E-state index in [1.165, 1.54) is 0 Å². The van der Waals surface area contributed by atoms with E-state index < -0.39 is 0 Å². The maximum absolute atomic E-state index is 11.8. The van der Waals surface area contributed by atoms with Crippen LogP contribution in [0.2, 0.25) is 5.02 Å². The molecular weight excluding hydrogens is 322 g/mol. The van der Waals surface area contributed by atoms with Crippen LogP contribution in [0.5, 0.6) is 0 Å². The molecule has 2 N–H and O–H groups in total. The van der Waals surface area contributed by atoms with Crippen molar-refractivity contribution in [3.63, 3.8) is 0 Å². The SMILES string of the molecule is CN(C)c1ccc(NCCC(=O)NCCc2cccc(Cl)c2)cc1. The Bertz CT molecular complexity index is 656. The van der Waals surface area contributed by atoms with Crippen LogP contribution in [0.15, 0.2) is 48.5 Å². The largest absolute Gasteiger partial charge is 0.385 e. The van der Waals surface area contributed by atoms with Gasteiger partial charge >= 0.3 is 0 Å². The highest BCUT2D eigenvalue weighted by molar-refractivity contribution is 6.30. The van der Waals surface area contributed by atoms with Crippen molar-refractivity contribution >= 4 is 28.9 Å². The van der Waals surface area contributed by atoms with E-state index in [4.69, 9.17) is 11.6 Å². The highest BCUT2D eigenvalue weighted by Gasteiger charge is 2.02. The zero-order valence-corrected chi connectivity index (χ0v) is 14.9. The molecule has 24 heavy (non-hydrogen) atoms. The number of rotatable bonds is 8. The quantitative estimate of drug-likeness (QED) is 0.768. The summed E-state index contributed by atoms with van der Waals surface area (Å²) in [5.74, 6) is 0.0504. The predicted molar refractivity (Wildman–Crippen MR) is 102 cm³/mol. The van der Waals surface area contributed by atoms with Gasteiger partial charge in [0.15, 0.2) is 0 Å². The van der Waals surface area contributed by atoms with Crippen molar-refractivity contribution in [1.29, 1.82) is 0 Å². The maximum atomic E-state index is 11.8. The Balaban J connectivity index is 1.64. The summed E-state index contributed by atoms with van der Waals surface area (Å²) in [7, 11) is 4.02. The Morgan fingerprint density at radius 3 is 2.50 bits per heavy atom. The average Bonchev–Trinajstić information content (AvgIpc) is 2.55. The van der Waals surface area contributed by atoms with E-state index in [-0.39, 0.29) is 5.91 Å². The van der Waals surface area contributed by atoms with Crippen LogP contribution < -0.4 is 15.5 Å². The van der Waals surface area contributed by atoms with Crippen molar-refractivity contribution in [2.75, 3.05) is 37.4 Å². The second-order valence-corrected chi connectivity index (χ2v) is 6.28. The topological polar surface area (TPSA) is 44.4 Å². The molecule has 4 nitrogen and oxygen atoms in total. The minimum atomic E-state index is 0.0504. The minimum Gasteiger partial charge on any atom is -0.385 e. The number of benzene rings is 2. The number of halogens is 1. The van der Waals surface area contributed by atoms with Crippen LogP contribution in [0.1, 0.15) is 12.0 Å². The van der Waals surface area contributed by atoms with Crippen molar-refractivity contribution in [3.05, 3.63) is 59.1 Å². The molecule has 0 unspecified atom stereocenters. The summed E-state index contributed by atoms with van der Waals surface area (Å²) in [6, 6.07) is 15.8. The molecule has 0 aliphatic rings. The fourth-order valence-electron chi connectivity index (χ4n) is 2.32. The normalized spacial score (nSPS) is 10.3. The van der Waals surface area contributed by atoms with Gasteiger partial charge in [-0.1, -0.05) is 23.7 Å². The van der Waals surface area contributed by atoms with Crippen LogP contribution in [0.25, 0.3) is 0 Å². The molecule has 0 heterocycles. The number of hydrogen-bond acceptors (Lipinski definition) is 3. The average molecular weight is 346 g/mol. The molecule has 0 saturated heterocycles. The zero-order valence-electron chi connectivity index (χ0n) is 14.2. The number of amides is 1. The fourth-order valence-corrected chi connectivity index (χ4v) is 2.54. The molecule has 0 aliphatic carbocycles. The van der Waals surface area contributed by atoms with Crippen molar-refractivity contribution < 1.29 is 4.79 Å². The van der Waals surface area contributed by atoms with E-state index in [9.17, 15) is 4.79 Å². The fraction of sp³-hybridized carbons (Fsp3) is 0.316. The summed E-state index contributed by atoms with van der Waals surface area (Å²) in [6.45, 7) is 1.24. The summed E-state index contributed by atoms with van der Waals surface area (Å²) >= 11 is 5.94. The first-order valence-electron chi connectivity index (χ1n) is 8.07. The second-order valence-electron chi connectivity index (χ2n) is 5.85. The van der Waals surface area contributed by atoms with E-state index in [0.29, 0.717) is 19.5 Å². The highest BCUT2D eigenvalue weighted by Crippen LogP contribution is 2.15. The summed E-state index contributed by atoms with van der Waals surface area (Å²) in [5, 5.41) is 6.92. The van der Waals surface area contributed by atoms with Gasteiger partial charge in [-0.25, -0.2) is 0 Å². The molecule has 0 spiro atoms. The van der Waals surface area contributed by atoms with Crippen LogP contribution in [-0.2, 0) is 11.2 Å². The van der Waals surface area contributed by atoms with Crippen molar-refractivity contribution in [2.45, 2.75) is 12.8 Å². The molecule has 2 aromatic rings. The maximum Gasteiger partial charge on any atom is 0.221 e. The van der Waals surface area contributed by atoms with Gasteiger partial charge in [-0.2, -0.15) is 0 Å². The van der Waals surface area contributed by atoms with Gasteiger partial charge in [-0.15, -0.1) is 0 Å². The molecule has 128 valence electrons. The van der Waals surface area contributed by atoms with Crippen LogP contribution in [0.4, 0.5) is 11.4 Å².